The highest BCUT2D eigenvalue weighted by Crippen LogP contribution is 2.60. The van der Waals surface area contributed by atoms with Crippen LogP contribution in [0.4, 0.5) is 0 Å². The molecule has 1 amide bonds. The summed E-state index contributed by atoms with van der Waals surface area (Å²) in [5, 5.41) is 2.91. The first-order chi connectivity index (χ1) is 13.0. The van der Waals surface area contributed by atoms with Crippen LogP contribution in [0.3, 0.4) is 0 Å². The van der Waals surface area contributed by atoms with Gasteiger partial charge in [-0.3, -0.25) is 4.79 Å². The van der Waals surface area contributed by atoms with Crippen LogP contribution in [-0.2, 0) is 20.7 Å². The van der Waals surface area contributed by atoms with Gasteiger partial charge in [0, 0.05) is 11.2 Å². The lowest BCUT2D eigenvalue weighted by atomic mass is 9.56. The van der Waals surface area contributed by atoms with Crippen LogP contribution < -0.4 is 5.32 Å². The monoisotopic (exact) mass is 387 g/mol. The van der Waals surface area contributed by atoms with E-state index in [0.29, 0.717) is 16.9 Å². The highest BCUT2D eigenvalue weighted by Gasteiger charge is 2.51. The number of thioether (sulfide) groups is 1. The summed E-state index contributed by atoms with van der Waals surface area (Å²) in [6.45, 7) is 0. The molecule has 4 fully saturated rings. The molecule has 4 aliphatic carbocycles. The van der Waals surface area contributed by atoms with Crippen LogP contribution in [0.15, 0.2) is 30.3 Å². The number of esters is 1. The van der Waals surface area contributed by atoms with Crippen LogP contribution in [0, 0.1) is 17.8 Å². The van der Waals surface area contributed by atoms with Crippen molar-refractivity contribution in [3.8, 4) is 0 Å². The molecule has 0 saturated heterocycles. The minimum absolute atomic E-state index is 0.0536. The zero-order valence-corrected chi connectivity index (χ0v) is 16.8. The summed E-state index contributed by atoms with van der Waals surface area (Å²) in [5.74, 6) is 2.65. The molecule has 1 aromatic carbocycles. The molecule has 4 saturated carbocycles. The number of ether oxygens (including phenoxy) is 1. The van der Waals surface area contributed by atoms with Gasteiger partial charge < -0.3 is 10.1 Å². The van der Waals surface area contributed by atoms with E-state index < -0.39 is 6.04 Å². The van der Waals surface area contributed by atoms with E-state index in [2.05, 4.69) is 5.32 Å². The minimum atomic E-state index is -0.623. The highest BCUT2D eigenvalue weighted by atomic mass is 32.2. The molecule has 4 nitrogen and oxygen atoms in total. The second kappa shape index (κ2) is 7.86. The molecule has 146 valence electrons. The molecule has 0 spiro atoms. The number of amides is 1. The number of hydrogen-bond donors (Lipinski definition) is 1. The van der Waals surface area contributed by atoms with Crippen molar-refractivity contribution in [2.75, 3.05) is 12.9 Å². The summed E-state index contributed by atoms with van der Waals surface area (Å²) < 4.78 is 5.22. The van der Waals surface area contributed by atoms with Gasteiger partial charge in [-0.1, -0.05) is 30.3 Å². The molecular weight excluding hydrogens is 358 g/mol. The summed E-state index contributed by atoms with van der Waals surface area (Å²) >= 11 is 1.85. The average molecular weight is 388 g/mol. The lowest BCUT2D eigenvalue weighted by Crippen LogP contribution is -2.49. The number of nitrogens with one attached hydrogen (secondary N) is 1. The first kappa shape index (κ1) is 18.9. The third-order valence-corrected chi connectivity index (χ3v) is 8.11. The van der Waals surface area contributed by atoms with Gasteiger partial charge in [0.05, 0.1) is 12.9 Å². The van der Waals surface area contributed by atoms with Crippen LogP contribution >= 0.6 is 11.8 Å². The molecule has 1 N–H and O–H groups in total. The Kier molecular flexibility index (Phi) is 5.49. The molecule has 4 aliphatic rings. The summed E-state index contributed by atoms with van der Waals surface area (Å²) in [6.07, 6.45) is 8.53. The second-order valence-electron chi connectivity index (χ2n) is 8.72. The van der Waals surface area contributed by atoms with Gasteiger partial charge in [-0.25, -0.2) is 4.79 Å². The Morgan fingerprint density at radius 2 is 1.70 bits per heavy atom. The Hall–Kier alpha value is -1.49. The SMILES string of the molecule is COC(=O)[C@H](Cc1ccccc1)NC(=O)CSC12CC3CC(CC(C3)C1)C2. The molecule has 5 heteroatoms. The van der Waals surface area contributed by atoms with E-state index in [1.165, 1.54) is 45.6 Å². The van der Waals surface area contributed by atoms with Gasteiger partial charge in [0.2, 0.25) is 5.91 Å². The largest absolute Gasteiger partial charge is 0.467 e. The van der Waals surface area contributed by atoms with Gasteiger partial charge >= 0.3 is 5.97 Å². The van der Waals surface area contributed by atoms with Gasteiger partial charge in [0.25, 0.3) is 0 Å². The van der Waals surface area contributed by atoms with Crippen LogP contribution in [0.25, 0.3) is 0 Å². The van der Waals surface area contributed by atoms with Gasteiger partial charge in [0.15, 0.2) is 0 Å². The quantitative estimate of drug-likeness (QED) is 0.727. The number of rotatable bonds is 7. The number of carbonyl (C=O) groups is 2. The van der Waals surface area contributed by atoms with Crippen molar-refractivity contribution >= 4 is 23.6 Å². The first-order valence-electron chi connectivity index (χ1n) is 10.1. The van der Waals surface area contributed by atoms with Crippen LogP contribution in [0.1, 0.15) is 44.1 Å². The lowest BCUT2D eigenvalue weighted by molar-refractivity contribution is -0.144. The van der Waals surface area contributed by atoms with Crippen LogP contribution in [0.2, 0.25) is 0 Å². The maximum Gasteiger partial charge on any atom is 0.328 e. The molecule has 1 aromatic rings. The third-order valence-electron chi connectivity index (χ3n) is 6.60. The van der Waals surface area contributed by atoms with Gasteiger partial charge in [-0.05, 0) is 61.8 Å². The summed E-state index contributed by atoms with van der Waals surface area (Å²) in [4.78, 5) is 24.8. The topological polar surface area (TPSA) is 55.4 Å². The Labute approximate surface area is 165 Å². The fourth-order valence-electron chi connectivity index (χ4n) is 5.85. The minimum Gasteiger partial charge on any atom is -0.467 e. The van der Waals surface area contributed by atoms with Crippen molar-refractivity contribution in [3.63, 3.8) is 0 Å². The Morgan fingerprint density at radius 1 is 1.11 bits per heavy atom. The molecule has 0 aliphatic heterocycles. The van der Waals surface area contributed by atoms with Gasteiger partial charge in [-0.2, -0.15) is 0 Å². The predicted octanol–water partition coefficient (Wildman–Crippen LogP) is 3.59. The normalized spacial score (nSPS) is 32.1. The molecule has 27 heavy (non-hydrogen) atoms. The summed E-state index contributed by atoms with van der Waals surface area (Å²) in [5.41, 5.74) is 1.02. The van der Waals surface area contributed by atoms with E-state index in [0.717, 1.165) is 23.3 Å². The van der Waals surface area contributed by atoms with E-state index in [-0.39, 0.29) is 11.9 Å². The Bertz CT molecular complexity index is 655. The van der Waals surface area contributed by atoms with Crippen LogP contribution in [0.5, 0.6) is 0 Å². The van der Waals surface area contributed by atoms with Crippen molar-refractivity contribution in [2.45, 2.75) is 55.7 Å². The van der Waals surface area contributed by atoms with E-state index in [4.69, 9.17) is 4.74 Å². The Balaban J connectivity index is 1.34. The number of methoxy groups -OCH3 is 1. The van der Waals surface area contributed by atoms with Crippen molar-refractivity contribution in [3.05, 3.63) is 35.9 Å². The smallest absolute Gasteiger partial charge is 0.328 e. The molecule has 0 radical (unpaired) electrons. The third kappa shape index (κ3) is 4.34. The lowest BCUT2D eigenvalue weighted by Gasteiger charge is -2.56. The molecule has 4 bridgehead atoms. The molecule has 5 rings (SSSR count). The fourth-order valence-corrected chi connectivity index (χ4v) is 7.43. The second-order valence-corrected chi connectivity index (χ2v) is 10.2. The maximum atomic E-state index is 12.6. The van der Waals surface area contributed by atoms with E-state index in [1.807, 2.05) is 42.1 Å². The summed E-state index contributed by atoms with van der Waals surface area (Å²) in [6, 6.07) is 9.13. The highest BCUT2D eigenvalue weighted by molar-refractivity contribution is 8.01. The Morgan fingerprint density at radius 3 is 2.26 bits per heavy atom. The van der Waals surface area contributed by atoms with Gasteiger partial charge in [-0.15, -0.1) is 11.8 Å². The zero-order valence-electron chi connectivity index (χ0n) is 16.0. The average Bonchev–Trinajstić information content (AvgIpc) is 2.65. The first-order valence-corrected chi connectivity index (χ1v) is 11.1. The standard InChI is InChI=1S/C22H29NO3S/c1-26-21(25)19(10-15-5-3-2-4-6-15)23-20(24)14-27-22-11-16-7-17(12-22)9-18(8-16)13-22/h2-6,16-19H,7-14H2,1H3,(H,23,24)/t16?,17?,18?,19-,22?/m0/s1. The van der Waals surface area contributed by atoms with Crippen molar-refractivity contribution in [1.29, 1.82) is 0 Å². The van der Waals surface area contributed by atoms with E-state index in [9.17, 15) is 9.59 Å². The van der Waals surface area contributed by atoms with Gasteiger partial charge in [0.1, 0.15) is 6.04 Å². The summed E-state index contributed by atoms with van der Waals surface area (Å²) in [7, 11) is 1.37. The number of carbonyl (C=O) groups excluding carboxylic acids is 2. The molecule has 0 unspecified atom stereocenters. The van der Waals surface area contributed by atoms with Crippen molar-refractivity contribution in [1.82, 2.24) is 5.32 Å². The van der Waals surface area contributed by atoms with Crippen LogP contribution in [-0.4, -0.2) is 35.5 Å². The molecule has 0 aromatic heterocycles. The predicted molar refractivity (Wildman–Crippen MR) is 107 cm³/mol. The molecule has 0 heterocycles. The fraction of sp³-hybridized carbons (Fsp3) is 0.636. The van der Waals surface area contributed by atoms with E-state index in [1.54, 1.807) is 0 Å². The molecule has 1 atom stereocenters. The zero-order chi connectivity index (χ0) is 18.9. The van der Waals surface area contributed by atoms with Crippen molar-refractivity contribution < 1.29 is 14.3 Å². The van der Waals surface area contributed by atoms with Crippen molar-refractivity contribution in [2.24, 2.45) is 17.8 Å². The number of hydrogen-bond acceptors (Lipinski definition) is 4. The van der Waals surface area contributed by atoms with E-state index >= 15 is 0 Å². The number of benzene rings is 1. The molecular formula is C22H29NO3S. The maximum absolute atomic E-state index is 12.6.